The maximum Gasteiger partial charge on any atom is 0.228 e. The number of rotatable bonds is 10. The van der Waals surface area contributed by atoms with Crippen molar-refractivity contribution in [2.24, 2.45) is 4.99 Å². The number of guanidine groups is 1. The Hall–Kier alpha value is -1.67. The van der Waals surface area contributed by atoms with Crippen molar-refractivity contribution in [2.45, 2.75) is 58.4 Å². The summed E-state index contributed by atoms with van der Waals surface area (Å²) in [6.07, 6.45) is 4.04. The summed E-state index contributed by atoms with van der Waals surface area (Å²) >= 11 is 0. The van der Waals surface area contributed by atoms with Crippen LogP contribution in [0, 0.1) is 0 Å². The van der Waals surface area contributed by atoms with Crippen LogP contribution in [0.1, 0.15) is 57.7 Å². The lowest BCUT2D eigenvalue weighted by atomic mass is 10.1. The molecule has 0 unspecified atom stereocenters. The number of piperidine rings is 1. The van der Waals surface area contributed by atoms with Crippen LogP contribution in [0.5, 0.6) is 0 Å². The minimum absolute atomic E-state index is 0.283. The van der Waals surface area contributed by atoms with Crippen molar-refractivity contribution in [3.8, 4) is 0 Å². The van der Waals surface area contributed by atoms with E-state index >= 15 is 0 Å². The second-order valence-corrected chi connectivity index (χ2v) is 7.32. The van der Waals surface area contributed by atoms with Crippen LogP contribution in [0.25, 0.3) is 0 Å². The third kappa shape index (κ3) is 7.84. The number of hydrogen-bond donors (Lipinski definition) is 2. The summed E-state index contributed by atoms with van der Waals surface area (Å²) in [6.45, 7) is 11.9. The average Bonchev–Trinajstić information content (AvgIpc) is 3.13. The van der Waals surface area contributed by atoms with Crippen molar-refractivity contribution in [1.82, 2.24) is 25.7 Å². The number of nitrogens with one attached hydrogen (secondary N) is 2. The van der Waals surface area contributed by atoms with E-state index in [-0.39, 0.29) is 5.92 Å². The number of nitrogens with zero attached hydrogens (tertiary/aromatic N) is 4. The molecule has 2 heterocycles. The fourth-order valence-electron chi connectivity index (χ4n) is 3.11. The zero-order chi connectivity index (χ0) is 19.5. The van der Waals surface area contributed by atoms with Gasteiger partial charge in [-0.1, -0.05) is 19.0 Å². The van der Waals surface area contributed by atoms with E-state index < -0.39 is 0 Å². The Morgan fingerprint density at radius 2 is 2.15 bits per heavy atom. The molecular formula is C19H36N6O2. The van der Waals surface area contributed by atoms with Crippen LogP contribution in [-0.4, -0.2) is 73.5 Å². The molecule has 1 aromatic rings. The highest BCUT2D eigenvalue weighted by Crippen LogP contribution is 2.11. The van der Waals surface area contributed by atoms with Gasteiger partial charge in [0.25, 0.3) is 0 Å². The van der Waals surface area contributed by atoms with Crippen LogP contribution < -0.4 is 10.6 Å². The lowest BCUT2D eigenvalue weighted by Crippen LogP contribution is -2.49. The van der Waals surface area contributed by atoms with Crippen LogP contribution in [-0.2, 0) is 11.2 Å². The molecule has 154 valence electrons. The van der Waals surface area contributed by atoms with Gasteiger partial charge in [0, 0.05) is 58.3 Å². The van der Waals surface area contributed by atoms with Gasteiger partial charge in [-0.15, -0.1) is 0 Å². The highest BCUT2D eigenvalue weighted by Gasteiger charge is 2.19. The van der Waals surface area contributed by atoms with E-state index in [9.17, 15) is 0 Å². The second-order valence-electron chi connectivity index (χ2n) is 7.32. The van der Waals surface area contributed by atoms with Gasteiger partial charge in [-0.3, -0.25) is 4.99 Å². The average molecular weight is 381 g/mol. The topological polar surface area (TPSA) is 87.8 Å². The summed E-state index contributed by atoms with van der Waals surface area (Å²) in [5, 5.41) is 10.9. The molecule has 0 saturated carbocycles. The predicted molar refractivity (Wildman–Crippen MR) is 107 cm³/mol. The van der Waals surface area contributed by atoms with E-state index in [0.717, 1.165) is 63.8 Å². The molecule has 8 heteroatoms. The number of aromatic nitrogens is 2. The third-order valence-electron chi connectivity index (χ3n) is 4.69. The molecular weight excluding hydrogens is 344 g/mol. The van der Waals surface area contributed by atoms with Gasteiger partial charge in [-0.25, -0.2) is 0 Å². The zero-order valence-electron chi connectivity index (χ0n) is 17.3. The lowest BCUT2D eigenvalue weighted by molar-refractivity contribution is 0.155. The Balaban J connectivity index is 1.74. The Labute approximate surface area is 163 Å². The zero-order valence-corrected chi connectivity index (χ0v) is 17.3. The highest BCUT2D eigenvalue weighted by atomic mass is 16.5. The fourth-order valence-corrected chi connectivity index (χ4v) is 3.11. The van der Waals surface area contributed by atoms with E-state index in [4.69, 9.17) is 9.26 Å². The first kappa shape index (κ1) is 21.6. The molecule has 0 amide bonds. The molecule has 1 aromatic heterocycles. The molecule has 0 spiro atoms. The van der Waals surface area contributed by atoms with Crippen LogP contribution in [0.15, 0.2) is 9.52 Å². The smallest absolute Gasteiger partial charge is 0.228 e. The summed E-state index contributed by atoms with van der Waals surface area (Å²) in [6, 6.07) is 0.470. The van der Waals surface area contributed by atoms with Gasteiger partial charge in [-0.2, -0.15) is 4.98 Å². The summed E-state index contributed by atoms with van der Waals surface area (Å²) in [4.78, 5) is 11.6. The van der Waals surface area contributed by atoms with E-state index in [2.05, 4.69) is 51.4 Å². The Morgan fingerprint density at radius 3 is 2.78 bits per heavy atom. The highest BCUT2D eigenvalue weighted by molar-refractivity contribution is 5.80. The molecule has 0 atom stereocenters. The SMILES string of the molecule is CCNC(=NCCc1nc(C(C)C)no1)NC1CCN(CCCOC)CC1. The largest absolute Gasteiger partial charge is 0.385 e. The van der Waals surface area contributed by atoms with Crippen molar-refractivity contribution in [3.63, 3.8) is 0 Å². The van der Waals surface area contributed by atoms with Crippen molar-refractivity contribution in [3.05, 3.63) is 11.7 Å². The molecule has 2 rings (SSSR count). The van der Waals surface area contributed by atoms with Gasteiger partial charge in [0.2, 0.25) is 5.89 Å². The van der Waals surface area contributed by atoms with Crippen LogP contribution in [0.3, 0.4) is 0 Å². The Bertz CT molecular complexity index is 552. The standard InChI is InChI=1S/C19H36N6O2/c1-5-20-19(21-10-7-17-23-18(15(2)3)24-27-17)22-16-8-12-25(13-9-16)11-6-14-26-4/h15-16H,5-14H2,1-4H3,(H2,20,21,22). The first-order valence-electron chi connectivity index (χ1n) is 10.2. The third-order valence-corrected chi connectivity index (χ3v) is 4.69. The van der Waals surface area contributed by atoms with Crippen LogP contribution >= 0.6 is 0 Å². The van der Waals surface area contributed by atoms with Gasteiger partial charge in [0.05, 0.1) is 6.54 Å². The number of aliphatic imine (C=N–C) groups is 1. The fraction of sp³-hybridized carbons (Fsp3) is 0.842. The van der Waals surface area contributed by atoms with Crippen LogP contribution in [0.2, 0.25) is 0 Å². The summed E-state index contributed by atoms with van der Waals surface area (Å²) in [5.74, 6) is 2.57. The molecule has 1 aliphatic heterocycles. The molecule has 1 aliphatic rings. The molecule has 0 radical (unpaired) electrons. The van der Waals surface area contributed by atoms with Gasteiger partial charge in [0.15, 0.2) is 11.8 Å². The maximum absolute atomic E-state index is 5.28. The minimum atomic E-state index is 0.283. The molecule has 27 heavy (non-hydrogen) atoms. The van der Waals surface area contributed by atoms with Gasteiger partial charge in [0.1, 0.15) is 0 Å². The number of hydrogen-bond acceptors (Lipinski definition) is 6. The number of likely N-dealkylation sites (tertiary alicyclic amines) is 1. The molecule has 8 nitrogen and oxygen atoms in total. The van der Waals surface area contributed by atoms with E-state index in [1.807, 2.05) is 0 Å². The number of methoxy groups -OCH3 is 1. The molecule has 0 aliphatic carbocycles. The van der Waals surface area contributed by atoms with E-state index in [1.165, 1.54) is 0 Å². The first-order chi connectivity index (χ1) is 13.1. The van der Waals surface area contributed by atoms with E-state index in [1.54, 1.807) is 7.11 Å². The van der Waals surface area contributed by atoms with Gasteiger partial charge < -0.3 is 24.8 Å². The second kappa shape index (κ2) is 11.9. The lowest BCUT2D eigenvalue weighted by Gasteiger charge is -2.33. The normalized spacial score (nSPS) is 16.9. The Kier molecular flexibility index (Phi) is 9.55. The molecule has 0 aromatic carbocycles. The molecule has 1 saturated heterocycles. The number of ether oxygens (including phenoxy) is 1. The summed E-state index contributed by atoms with van der Waals surface area (Å²) in [7, 11) is 1.76. The van der Waals surface area contributed by atoms with Gasteiger partial charge in [-0.05, 0) is 26.2 Å². The molecule has 0 bridgehead atoms. The van der Waals surface area contributed by atoms with Gasteiger partial charge >= 0.3 is 0 Å². The van der Waals surface area contributed by atoms with Crippen molar-refractivity contribution in [1.29, 1.82) is 0 Å². The summed E-state index contributed by atoms with van der Waals surface area (Å²) in [5.41, 5.74) is 0. The molecule has 2 N–H and O–H groups in total. The monoisotopic (exact) mass is 380 g/mol. The Morgan fingerprint density at radius 1 is 1.37 bits per heavy atom. The maximum atomic E-state index is 5.28. The van der Waals surface area contributed by atoms with E-state index in [0.29, 0.717) is 24.9 Å². The first-order valence-corrected chi connectivity index (χ1v) is 10.2. The van der Waals surface area contributed by atoms with Crippen molar-refractivity contribution >= 4 is 5.96 Å². The van der Waals surface area contributed by atoms with Crippen molar-refractivity contribution < 1.29 is 9.26 Å². The molecule has 1 fully saturated rings. The quantitative estimate of drug-likeness (QED) is 0.363. The summed E-state index contributed by atoms with van der Waals surface area (Å²) < 4.78 is 10.4. The minimum Gasteiger partial charge on any atom is -0.385 e. The van der Waals surface area contributed by atoms with Crippen LogP contribution in [0.4, 0.5) is 0 Å². The van der Waals surface area contributed by atoms with Crippen molar-refractivity contribution in [2.75, 3.05) is 46.4 Å². The predicted octanol–water partition coefficient (Wildman–Crippen LogP) is 1.79.